The molecule has 2 atom stereocenters. The number of aryl methyl sites for hydroxylation is 1. The summed E-state index contributed by atoms with van der Waals surface area (Å²) in [5.41, 5.74) is 0.800. The fourth-order valence-corrected chi connectivity index (χ4v) is 3.69. The van der Waals surface area contributed by atoms with Gasteiger partial charge in [-0.05, 0) is 37.3 Å². The summed E-state index contributed by atoms with van der Waals surface area (Å²) in [4.78, 5) is 38.4. The fourth-order valence-electron chi connectivity index (χ4n) is 3.69. The maximum Gasteiger partial charge on any atom is 0.325 e. The number of imide groups is 1. The molecule has 1 aliphatic carbocycles. The molecule has 4 amide bonds. The topological polar surface area (TPSA) is 78.5 Å². The average molecular weight is 329 g/mol. The van der Waals surface area contributed by atoms with Gasteiger partial charge < -0.3 is 10.6 Å². The summed E-state index contributed by atoms with van der Waals surface area (Å²) in [6, 6.07) is 6.94. The van der Waals surface area contributed by atoms with Crippen molar-refractivity contribution in [1.82, 2.24) is 10.2 Å². The minimum atomic E-state index is -0.821. The Balaban J connectivity index is 1.71. The van der Waals surface area contributed by atoms with Gasteiger partial charge in [-0.2, -0.15) is 0 Å². The van der Waals surface area contributed by atoms with Crippen LogP contribution in [0.3, 0.4) is 0 Å². The molecule has 6 heteroatoms. The van der Waals surface area contributed by atoms with Crippen LogP contribution in [-0.2, 0) is 9.59 Å². The Kier molecular flexibility index (Phi) is 4.30. The molecule has 0 unspecified atom stereocenters. The number of hydrogen-bond donors (Lipinski definition) is 2. The smallest absolute Gasteiger partial charge is 0.324 e. The summed E-state index contributed by atoms with van der Waals surface area (Å²) in [6.45, 7) is 3.63. The largest absolute Gasteiger partial charge is 0.325 e. The van der Waals surface area contributed by atoms with E-state index in [0.717, 1.165) is 29.7 Å². The Morgan fingerprint density at radius 2 is 2.08 bits per heavy atom. The molecule has 3 rings (SSSR count). The molecule has 24 heavy (non-hydrogen) atoms. The lowest BCUT2D eigenvalue weighted by Crippen LogP contribution is -2.54. The second-order valence-electron chi connectivity index (χ2n) is 6.80. The highest BCUT2D eigenvalue weighted by Crippen LogP contribution is 2.38. The molecule has 1 spiro atoms. The van der Waals surface area contributed by atoms with E-state index in [1.54, 1.807) is 6.07 Å². The summed E-state index contributed by atoms with van der Waals surface area (Å²) in [7, 11) is 0. The van der Waals surface area contributed by atoms with Crippen molar-refractivity contribution in [2.45, 2.75) is 45.1 Å². The minimum absolute atomic E-state index is 0.0899. The van der Waals surface area contributed by atoms with Gasteiger partial charge in [-0.25, -0.2) is 4.79 Å². The number of benzene rings is 1. The maximum absolute atomic E-state index is 12.8. The molecule has 6 nitrogen and oxygen atoms in total. The third kappa shape index (κ3) is 2.77. The van der Waals surface area contributed by atoms with Gasteiger partial charge in [-0.1, -0.05) is 38.0 Å². The van der Waals surface area contributed by atoms with Gasteiger partial charge in [-0.15, -0.1) is 0 Å². The Bertz CT molecular complexity index is 688. The predicted octanol–water partition coefficient (Wildman–Crippen LogP) is 2.43. The molecule has 2 aliphatic rings. The van der Waals surface area contributed by atoms with Crippen LogP contribution in [0.5, 0.6) is 0 Å². The van der Waals surface area contributed by atoms with Crippen molar-refractivity contribution in [1.29, 1.82) is 0 Å². The van der Waals surface area contributed by atoms with Crippen LogP contribution in [0, 0.1) is 12.8 Å². The van der Waals surface area contributed by atoms with Gasteiger partial charge in [0.2, 0.25) is 5.91 Å². The molecule has 2 fully saturated rings. The Labute approximate surface area is 141 Å². The van der Waals surface area contributed by atoms with Gasteiger partial charge in [0.25, 0.3) is 5.91 Å². The first-order valence-electron chi connectivity index (χ1n) is 8.43. The normalized spacial score (nSPS) is 26.6. The third-order valence-corrected chi connectivity index (χ3v) is 5.22. The number of anilines is 1. The molecule has 1 aliphatic heterocycles. The van der Waals surface area contributed by atoms with Crippen LogP contribution in [0.2, 0.25) is 0 Å². The standard InChI is InChI=1S/C18H23N3O3/c1-12-7-3-4-9-14(12)19-15(22)11-21-16(23)18(20-17(21)24)10-6-5-8-13(18)2/h3-4,7,9,13H,5-6,8,10-11H2,1-2H3,(H,19,22)(H,20,24)/t13-,18+/m0/s1. The van der Waals surface area contributed by atoms with Crippen LogP contribution in [0.1, 0.15) is 38.2 Å². The molecule has 1 aromatic carbocycles. The molecule has 2 N–H and O–H groups in total. The summed E-state index contributed by atoms with van der Waals surface area (Å²) in [5.74, 6) is -0.542. The lowest BCUT2D eigenvalue weighted by molar-refractivity contribution is -0.136. The number of carbonyl (C=O) groups excluding carboxylic acids is 3. The van der Waals surface area contributed by atoms with Crippen LogP contribution in [-0.4, -0.2) is 34.8 Å². The molecule has 0 aromatic heterocycles. The SMILES string of the molecule is Cc1ccccc1NC(=O)CN1C(=O)N[C@@]2(CCCC[C@@H]2C)C1=O. The lowest BCUT2D eigenvalue weighted by atomic mass is 9.73. The monoisotopic (exact) mass is 329 g/mol. The minimum Gasteiger partial charge on any atom is -0.324 e. The molecule has 1 saturated heterocycles. The number of para-hydroxylation sites is 1. The number of hydrogen-bond acceptors (Lipinski definition) is 3. The molecule has 0 bridgehead atoms. The quantitative estimate of drug-likeness (QED) is 0.836. The highest BCUT2D eigenvalue weighted by molar-refractivity contribution is 6.10. The van der Waals surface area contributed by atoms with Crippen LogP contribution in [0.4, 0.5) is 10.5 Å². The zero-order chi connectivity index (χ0) is 17.3. The number of nitrogens with one attached hydrogen (secondary N) is 2. The molecular weight excluding hydrogens is 306 g/mol. The van der Waals surface area contributed by atoms with E-state index in [4.69, 9.17) is 0 Å². The maximum atomic E-state index is 12.8. The van der Waals surface area contributed by atoms with Crippen LogP contribution in [0.15, 0.2) is 24.3 Å². The van der Waals surface area contributed by atoms with Gasteiger partial charge in [0, 0.05) is 5.69 Å². The Morgan fingerprint density at radius 3 is 2.79 bits per heavy atom. The van der Waals surface area contributed by atoms with E-state index in [9.17, 15) is 14.4 Å². The average Bonchev–Trinajstić information content (AvgIpc) is 2.78. The first kappa shape index (κ1) is 16.5. The highest BCUT2D eigenvalue weighted by atomic mass is 16.2. The second kappa shape index (κ2) is 6.26. The molecular formula is C18H23N3O3. The second-order valence-corrected chi connectivity index (χ2v) is 6.80. The van der Waals surface area contributed by atoms with Gasteiger partial charge in [0.1, 0.15) is 12.1 Å². The van der Waals surface area contributed by atoms with E-state index < -0.39 is 11.6 Å². The number of nitrogens with zero attached hydrogens (tertiary/aromatic N) is 1. The van der Waals surface area contributed by atoms with Crippen LogP contribution < -0.4 is 10.6 Å². The van der Waals surface area contributed by atoms with E-state index in [1.807, 2.05) is 32.0 Å². The van der Waals surface area contributed by atoms with Crippen LogP contribution in [0.25, 0.3) is 0 Å². The van der Waals surface area contributed by atoms with Gasteiger partial charge in [0.05, 0.1) is 0 Å². The predicted molar refractivity (Wildman–Crippen MR) is 90.4 cm³/mol. The zero-order valence-electron chi connectivity index (χ0n) is 14.1. The molecule has 1 aromatic rings. The van der Waals surface area contributed by atoms with E-state index in [0.29, 0.717) is 12.1 Å². The van der Waals surface area contributed by atoms with Crippen molar-refractivity contribution in [3.8, 4) is 0 Å². The van der Waals surface area contributed by atoms with Crippen molar-refractivity contribution in [2.24, 2.45) is 5.92 Å². The highest BCUT2D eigenvalue weighted by Gasteiger charge is 2.55. The van der Waals surface area contributed by atoms with Crippen molar-refractivity contribution in [3.05, 3.63) is 29.8 Å². The van der Waals surface area contributed by atoms with Crippen LogP contribution >= 0.6 is 0 Å². The van der Waals surface area contributed by atoms with Gasteiger partial charge in [-0.3, -0.25) is 14.5 Å². The molecule has 0 radical (unpaired) electrons. The number of carbonyl (C=O) groups is 3. The summed E-state index contributed by atoms with van der Waals surface area (Å²) < 4.78 is 0. The summed E-state index contributed by atoms with van der Waals surface area (Å²) in [6.07, 6.45) is 3.55. The molecule has 1 saturated carbocycles. The summed E-state index contributed by atoms with van der Waals surface area (Å²) >= 11 is 0. The fraction of sp³-hybridized carbons (Fsp3) is 0.500. The Morgan fingerprint density at radius 1 is 1.33 bits per heavy atom. The zero-order valence-corrected chi connectivity index (χ0v) is 14.1. The van der Waals surface area contributed by atoms with E-state index in [2.05, 4.69) is 10.6 Å². The number of amides is 4. The van der Waals surface area contributed by atoms with Gasteiger partial charge >= 0.3 is 6.03 Å². The molecule has 1 heterocycles. The van der Waals surface area contributed by atoms with E-state index in [-0.39, 0.29) is 24.3 Å². The van der Waals surface area contributed by atoms with Crippen molar-refractivity contribution in [2.75, 3.05) is 11.9 Å². The van der Waals surface area contributed by atoms with Crippen molar-refractivity contribution >= 4 is 23.5 Å². The van der Waals surface area contributed by atoms with Crippen molar-refractivity contribution < 1.29 is 14.4 Å². The Hall–Kier alpha value is -2.37. The van der Waals surface area contributed by atoms with E-state index >= 15 is 0 Å². The van der Waals surface area contributed by atoms with Crippen molar-refractivity contribution in [3.63, 3.8) is 0 Å². The first-order chi connectivity index (χ1) is 11.4. The van der Waals surface area contributed by atoms with Gasteiger partial charge in [0.15, 0.2) is 0 Å². The first-order valence-corrected chi connectivity index (χ1v) is 8.43. The number of urea groups is 1. The molecule has 128 valence electrons. The summed E-state index contributed by atoms with van der Waals surface area (Å²) in [5, 5.41) is 5.62. The van der Waals surface area contributed by atoms with E-state index in [1.165, 1.54) is 0 Å². The third-order valence-electron chi connectivity index (χ3n) is 5.22. The number of rotatable bonds is 3. The lowest BCUT2D eigenvalue weighted by Gasteiger charge is -2.36.